The van der Waals surface area contributed by atoms with Crippen LogP contribution in [-0.2, 0) is 13.1 Å². The normalized spacial score (nSPS) is 10.8. The van der Waals surface area contributed by atoms with E-state index in [1.807, 2.05) is 6.07 Å². The molecule has 0 spiro atoms. The van der Waals surface area contributed by atoms with Crippen LogP contribution < -0.4 is 5.73 Å². The molecule has 0 fully saturated rings. The maximum Gasteiger partial charge on any atom is 0.0238 e. The van der Waals surface area contributed by atoms with Crippen LogP contribution in [0.15, 0.2) is 22.7 Å². The third-order valence-corrected chi connectivity index (χ3v) is 2.61. The van der Waals surface area contributed by atoms with Crippen molar-refractivity contribution < 1.29 is 0 Å². The largest absolute Gasteiger partial charge is 0.326 e. The molecule has 1 aromatic rings. The second-order valence-electron chi connectivity index (χ2n) is 3.37. The first-order chi connectivity index (χ1) is 6.13. The smallest absolute Gasteiger partial charge is 0.0238 e. The molecule has 0 saturated heterocycles. The lowest BCUT2D eigenvalue weighted by molar-refractivity contribution is 0.401. The van der Waals surface area contributed by atoms with Crippen LogP contribution in [-0.4, -0.2) is 19.0 Å². The van der Waals surface area contributed by atoms with Crippen molar-refractivity contribution in [2.45, 2.75) is 13.1 Å². The van der Waals surface area contributed by atoms with Crippen molar-refractivity contribution in [3.05, 3.63) is 33.8 Å². The van der Waals surface area contributed by atoms with Gasteiger partial charge >= 0.3 is 0 Å². The summed E-state index contributed by atoms with van der Waals surface area (Å²) >= 11 is 3.52. The van der Waals surface area contributed by atoms with Gasteiger partial charge in [0, 0.05) is 17.6 Å². The minimum atomic E-state index is 0.605. The average Bonchev–Trinajstić information content (AvgIpc) is 2.08. The molecule has 0 aliphatic heterocycles. The minimum Gasteiger partial charge on any atom is -0.326 e. The van der Waals surface area contributed by atoms with E-state index in [1.54, 1.807) is 0 Å². The van der Waals surface area contributed by atoms with Crippen molar-refractivity contribution in [2.24, 2.45) is 5.73 Å². The van der Waals surface area contributed by atoms with Gasteiger partial charge in [-0.25, -0.2) is 0 Å². The van der Waals surface area contributed by atoms with Gasteiger partial charge in [0.25, 0.3) is 0 Å². The molecule has 0 bridgehead atoms. The maximum atomic E-state index is 5.57. The highest BCUT2D eigenvalue weighted by atomic mass is 79.9. The van der Waals surface area contributed by atoms with Gasteiger partial charge < -0.3 is 10.6 Å². The summed E-state index contributed by atoms with van der Waals surface area (Å²) < 4.78 is 1.15. The molecule has 2 N–H and O–H groups in total. The quantitative estimate of drug-likeness (QED) is 0.879. The first kappa shape index (κ1) is 10.7. The van der Waals surface area contributed by atoms with Crippen molar-refractivity contribution in [1.29, 1.82) is 0 Å². The van der Waals surface area contributed by atoms with E-state index in [2.05, 4.69) is 47.1 Å². The molecule has 13 heavy (non-hydrogen) atoms. The van der Waals surface area contributed by atoms with E-state index in [-0.39, 0.29) is 0 Å². The fourth-order valence-electron chi connectivity index (χ4n) is 1.22. The van der Waals surface area contributed by atoms with Crippen LogP contribution in [0.25, 0.3) is 0 Å². The molecule has 72 valence electrons. The molecule has 1 rings (SSSR count). The molecule has 3 heteroatoms. The Morgan fingerprint density at radius 1 is 1.38 bits per heavy atom. The molecular formula is C10H15BrN2. The van der Waals surface area contributed by atoms with Crippen LogP contribution >= 0.6 is 15.9 Å². The third kappa shape index (κ3) is 3.10. The van der Waals surface area contributed by atoms with Gasteiger partial charge in [0.2, 0.25) is 0 Å². The standard InChI is InChI=1S/C10H15BrN2/c1-13(2)7-9-5-8(6-12)3-4-10(9)11/h3-5H,6-7,12H2,1-2H3. The van der Waals surface area contributed by atoms with Gasteiger partial charge in [0.1, 0.15) is 0 Å². The van der Waals surface area contributed by atoms with Gasteiger partial charge in [-0.2, -0.15) is 0 Å². The lowest BCUT2D eigenvalue weighted by Crippen LogP contribution is -2.11. The summed E-state index contributed by atoms with van der Waals surface area (Å²) in [5.74, 6) is 0. The molecule has 0 amide bonds. The summed E-state index contributed by atoms with van der Waals surface area (Å²) in [6.45, 7) is 1.54. The molecule has 0 aliphatic carbocycles. The Balaban J connectivity index is 2.90. The second-order valence-corrected chi connectivity index (χ2v) is 4.22. The van der Waals surface area contributed by atoms with Gasteiger partial charge in [0.05, 0.1) is 0 Å². The van der Waals surface area contributed by atoms with E-state index < -0.39 is 0 Å². The first-order valence-corrected chi connectivity index (χ1v) is 5.05. The summed E-state index contributed by atoms with van der Waals surface area (Å²) in [6, 6.07) is 6.24. The molecular weight excluding hydrogens is 228 g/mol. The lowest BCUT2D eigenvalue weighted by Gasteiger charge is -2.12. The second kappa shape index (κ2) is 4.74. The Labute approximate surface area is 87.9 Å². The average molecular weight is 243 g/mol. The van der Waals surface area contributed by atoms with Crippen LogP contribution in [0.1, 0.15) is 11.1 Å². The van der Waals surface area contributed by atoms with Crippen LogP contribution in [0.5, 0.6) is 0 Å². The number of hydrogen-bond donors (Lipinski definition) is 1. The van der Waals surface area contributed by atoms with Crippen LogP contribution in [0, 0.1) is 0 Å². The van der Waals surface area contributed by atoms with E-state index in [0.717, 1.165) is 11.0 Å². The Hall–Kier alpha value is -0.380. The summed E-state index contributed by atoms with van der Waals surface area (Å²) in [5, 5.41) is 0. The fraction of sp³-hybridized carbons (Fsp3) is 0.400. The van der Waals surface area contributed by atoms with E-state index in [0.29, 0.717) is 6.54 Å². The van der Waals surface area contributed by atoms with Crippen LogP contribution in [0.4, 0.5) is 0 Å². The predicted molar refractivity (Wildman–Crippen MR) is 59.4 cm³/mol. The van der Waals surface area contributed by atoms with Gasteiger partial charge in [0.15, 0.2) is 0 Å². The number of nitrogens with zero attached hydrogens (tertiary/aromatic N) is 1. The molecule has 0 aliphatic rings. The van der Waals surface area contributed by atoms with E-state index in [9.17, 15) is 0 Å². The highest BCUT2D eigenvalue weighted by Gasteiger charge is 2.01. The van der Waals surface area contributed by atoms with E-state index in [4.69, 9.17) is 5.73 Å². The zero-order valence-corrected chi connectivity index (χ0v) is 9.63. The monoisotopic (exact) mass is 242 g/mol. The van der Waals surface area contributed by atoms with Gasteiger partial charge in [-0.05, 0) is 31.3 Å². The molecule has 0 saturated carbocycles. The van der Waals surface area contributed by atoms with Crippen molar-refractivity contribution in [2.75, 3.05) is 14.1 Å². The highest BCUT2D eigenvalue weighted by Crippen LogP contribution is 2.19. The predicted octanol–water partition coefficient (Wildman–Crippen LogP) is 1.97. The molecule has 2 nitrogen and oxygen atoms in total. The van der Waals surface area contributed by atoms with E-state index >= 15 is 0 Å². The minimum absolute atomic E-state index is 0.605. The number of hydrogen-bond acceptors (Lipinski definition) is 2. The topological polar surface area (TPSA) is 29.3 Å². The molecule has 0 radical (unpaired) electrons. The number of halogens is 1. The van der Waals surface area contributed by atoms with Gasteiger partial charge in [-0.15, -0.1) is 0 Å². The molecule has 0 atom stereocenters. The Morgan fingerprint density at radius 2 is 2.08 bits per heavy atom. The number of nitrogens with two attached hydrogens (primary N) is 1. The first-order valence-electron chi connectivity index (χ1n) is 4.25. The van der Waals surface area contributed by atoms with E-state index in [1.165, 1.54) is 11.1 Å². The Morgan fingerprint density at radius 3 is 2.62 bits per heavy atom. The summed E-state index contributed by atoms with van der Waals surface area (Å²) in [6.07, 6.45) is 0. The van der Waals surface area contributed by atoms with Crippen molar-refractivity contribution >= 4 is 15.9 Å². The number of benzene rings is 1. The maximum absolute atomic E-state index is 5.57. The lowest BCUT2D eigenvalue weighted by atomic mass is 10.1. The zero-order valence-electron chi connectivity index (χ0n) is 8.05. The van der Waals surface area contributed by atoms with Crippen LogP contribution in [0.2, 0.25) is 0 Å². The molecule has 0 aromatic heterocycles. The zero-order chi connectivity index (χ0) is 9.84. The molecule has 1 aromatic carbocycles. The van der Waals surface area contributed by atoms with Gasteiger partial charge in [-0.3, -0.25) is 0 Å². The summed E-state index contributed by atoms with van der Waals surface area (Å²) in [5.41, 5.74) is 8.04. The SMILES string of the molecule is CN(C)Cc1cc(CN)ccc1Br. The third-order valence-electron chi connectivity index (χ3n) is 1.83. The fourth-order valence-corrected chi connectivity index (χ4v) is 1.59. The Kier molecular flexibility index (Phi) is 3.90. The van der Waals surface area contributed by atoms with Crippen molar-refractivity contribution in [1.82, 2.24) is 4.90 Å². The molecule has 0 heterocycles. The van der Waals surface area contributed by atoms with Gasteiger partial charge in [-0.1, -0.05) is 28.1 Å². The van der Waals surface area contributed by atoms with Crippen molar-refractivity contribution in [3.8, 4) is 0 Å². The highest BCUT2D eigenvalue weighted by molar-refractivity contribution is 9.10. The number of rotatable bonds is 3. The Bertz CT molecular complexity index is 284. The summed E-state index contributed by atoms with van der Waals surface area (Å²) in [4.78, 5) is 2.14. The van der Waals surface area contributed by atoms with Crippen molar-refractivity contribution in [3.63, 3.8) is 0 Å². The molecule has 0 unspecified atom stereocenters. The summed E-state index contributed by atoms with van der Waals surface area (Å²) in [7, 11) is 4.11. The van der Waals surface area contributed by atoms with Crippen LogP contribution in [0.3, 0.4) is 0 Å².